The van der Waals surface area contributed by atoms with Gasteiger partial charge in [-0.15, -0.1) is 0 Å². The summed E-state index contributed by atoms with van der Waals surface area (Å²) in [5, 5.41) is 2.84. The summed E-state index contributed by atoms with van der Waals surface area (Å²) in [4.78, 5) is 29.1. The van der Waals surface area contributed by atoms with Gasteiger partial charge in [0, 0.05) is 32.3 Å². The van der Waals surface area contributed by atoms with Gasteiger partial charge in [-0.25, -0.2) is 0 Å². The third-order valence-electron chi connectivity index (χ3n) is 3.79. The fraction of sp³-hybridized carbons (Fsp3) is 0.533. The Morgan fingerprint density at radius 1 is 1.38 bits per heavy atom. The van der Waals surface area contributed by atoms with Crippen LogP contribution in [-0.4, -0.2) is 41.3 Å². The van der Waals surface area contributed by atoms with Gasteiger partial charge in [-0.05, 0) is 30.9 Å². The molecule has 3 N–H and O–H groups in total. The Hall–Kier alpha value is -2.11. The van der Waals surface area contributed by atoms with E-state index >= 15 is 0 Å². The van der Waals surface area contributed by atoms with Crippen molar-refractivity contribution in [2.24, 2.45) is 5.92 Å². The number of nitrogens with one attached hydrogen (secondary N) is 1. The molecular weight excluding hydrogens is 268 g/mol. The summed E-state index contributed by atoms with van der Waals surface area (Å²) in [6.07, 6.45) is 3.75. The highest BCUT2D eigenvalue weighted by molar-refractivity contribution is 5.78. The summed E-state index contributed by atoms with van der Waals surface area (Å²) in [5.74, 6) is 0.570. The van der Waals surface area contributed by atoms with E-state index in [4.69, 9.17) is 5.73 Å². The van der Waals surface area contributed by atoms with Crippen LogP contribution in [0, 0.1) is 5.92 Å². The van der Waals surface area contributed by atoms with Crippen molar-refractivity contribution in [3.63, 3.8) is 0 Å². The number of aromatic nitrogens is 1. The number of carbonyl (C=O) groups excluding carboxylic acids is 2. The van der Waals surface area contributed by atoms with Gasteiger partial charge in [-0.2, -0.15) is 0 Å². The SMILES string of the molecule is CC(=O)NCC1CCN(C(=O)Cc2ccc(N)cn2)CC1. The average Bonchev–Trinajstić information content (AvgIpc) is 2.48. The Kier molecular flexibility index (Phi) is 5.14. The number of amides is 2. The van der Waals surface area contributed by atoms with Crippen molar-refractivity contribution in [1.82, 2.24) is 15.2 Å². The second kappa shape index (κ2) is 7.06. The minimum absolute atomic E-state index is 0.00271. The molecule has 0 atom stereocenters. The van der Waals surface area contributed by atoms with Gasteiger partial charge in [0.25, 0.3) is 0 Å². The molecule has 0 bridgehead atoms. The summed E-state index contributed by atoms with van der Waals surface area (Å²) < 4.78 is 0. The van der Waals surface area contributed by atoms with E-state index in [1.807, 2.05) is 4.90 Å². The van der Waals surface area contributed by atoms with Crippen LogP contribution in [0.3, 0.4) is 0 Å². The highest BCUT2D eigenvalue weighted by Crippen LogP contribution is 2.17. The highest BCUT2D eigenvalue weighted by atomic mass is 16.2. The van der Waals surface area contributed by atoms with Gasteiger partial charge in [0.2, 0.25) is 11.8 Å². The predicted molar refractivity (Wildman–Crippen MR) is 80.3 cm³/mol. The van der Waals surface area contributed by atoms with Crippen LogP contribution < -0.4 is 11.1 Å². The fourth-order valence-electron chi connectivity index (χ4n) is 2.48. The second-order valence-corrected chi connectivity index (χ2v) is 5.52. The van der Waals surface area contributed by atoms with Crippen molar-refractivity contribution in [1.29, 1.82) is 0 Å². The van der Waals surface area contributed by atoms with Crippen molar-refractivity contribution in [2.75, 3.05) is 25.4 Å². The molecule has 21 heavy (non-hydrogen) atoms. The first kappa shape index (κ1) is 15.3. The molecule has 0 radical (unpaired) electrons. The van der Waals surface area contributed by atoms with E-state index in [-0.39, 0.29) is 11.8 Å². The summed E-state index contributed by atoms with van der Waals surface area (Å²) in [6.45, 7) is 3.73. The second-order valence-electron chi connectivity index (χ2n) is 5.52. The van der Waals surface area contributed by atoms with Gasteiger partial charge in [-0.1, -0.05) is 0 Å². The van der Waals surface area contributed by atoms with Crippen LogP contribution in [0.5, 0.6) is 0 Å². The van der Waals surface area contributed by atoms with Gasteiger partial charge in [0.15, 0.2) is 0 Å². The van der Waals surface area contributed by atoms with E-state index in [0.29, 0.717) is 24.6 Å². The number of rotatable bonds is 4. The summed E-state index contributed by atoms with van der Waals surface area (Å²) in [5.41, 5.74) is 6.92. The molecule has 6 nitrogen and oxygen atoms in total. The van der Waals surface area contributed by atoms with E-state index in [0.717, 1.165) is 31.6 Å². The lowest BCUT2D eigenvalue weighted by molar-refractivity contribution is -0.132. The fourth-order valence-corrected chi connectivity index (χ4v) is 2.48. The Labute approximate surface area is 124 Å². The number of carbonyl (C=O) groups is 2. The maximum absolute atomic E-state index is 12.2. The number of anilines is 1. The van der Waals surface area contributed by atoms with Gasteiger partial charge in [-0.3, -0.25) is 14.6 Å². The monoisotopic (exact) mass is 290 g/mol. The van der Waals surface area contributed by atoms with E-state index < -0.39 is 0 Å². The number of piperidine rings is 1. The number of nitrogens with zero attached hydrogens (tertiary/aromatic N) is 2. The number of hydrogen-bond acceptors (Lipinski definition) is 4. The Bertz CT molecular complexity index is 493. The van der Waals surface area contributed by atoms with Crippen molar-refractivity contribution >= 4 is 17.5 Å². The number of nitrogen functional groups attached to an aromatic ring is 1. The van der Waals surface area contributed by atoms with Gasteiger partial charge < -0.3 is 16.0 Å². The number of hydrogen-bond donors (Lipinski definition) is 2. The molecule has 1 fully saturated rings. The number of nitrogens with two attached hydrogens (primary N) is 1. The number of pyridine rings is 1. The molecule has 6 heteroatoms. The molecule has 2 rings (SSSR count). The summed E-state index contributed by atoms with van der Waals surface area (Å²) in [7, 11) is 0. The van der Waals surface area contributed by atoms with Crippen molar-refractivity contribution in [2.45, 2.75) is 26.2 Å². The molecule has 2 amide bonds. The zero-order valence-electron chi connectivity index (χ0n) is 12.3. The molecule has 1 aliphatic heterocycles. The lowest BCUT2D eigenvalue weighted by Gasteiger charge is -2.32. The molecule has 0 aliphatic carbocycles. The first-order chi connectivity index (χ1) is 10.0. The standard InChI is InChI=1S/C15H22N4O2/c1-11(20)17-9-12-4-6-19(7-5-12)15(21)8-14-3-2-13(16)10-18-14/h2-3,10,12H,4-9,16H2,1H3,(H,17,20). The van der Waals surface area contributed by atoms with E-state index in [9.17, 15) is 9.59 Å². The van der Waals surface area contributed by atoms with Crippen LogP contribution in [0.25, 0.3) is 0 Å². The molecule has 2 heterocycles. The van der Waals surface area contributed by atoms with E-state index in [2.05, 4.69) is 10.3 Å². The van der Waals surface area contributed by atoms with E-state index in [1.54, 1.807) is 18.3 Å². The van der Waals surface area contributed by atoms with Crippen LogP contribution in [-0.2, 0) is 16.0 Å². The molecule has 1 aromatic heterocycles. The molecule has 1 saturated heterocycles. The van der Waals surface area contributed by atoms with Gasteiger partial charge in [0.1, 0.15) is 0 Å². The molecular formula is C15H22N4O2. The zero-order valence-corrected chi connectivity index (χ0v) is 12.3. The van der Waals surface area contributed by atoms with Crippen LogP contribution in [0.15, 0.2) is 18.3 Å². The minimum atomic E-state index is 0.00271. The molecule has 1 aromatic rings. The first-order valence-corrected chi connectivity index (χ1v) is 7.27. The van der Waals surface area contributed by atoms with Gasteiger partial charge >= 0.3 is 0 Å². The third kappa shape index (κ3) is 4.73. The molecule has 0 saturated carbocycles. The van der Waals surface area contributed by atoms with Crippen molar-refractivity contribution < 1.29 is 9.59 Å². The zero-order chi connectivity index (χ0) is 15.2. The summed E-state index contributed by atoms with van der Waals surface area (Å²) >= 11 is 0. The minimum Gasteiger partial charge on any atom is -0.397 e. The van der Waals surface area contributed by atoms with Crippen LogP contribution >= 0.6 is 0 Å². The van der Waals surface area contributed by atoms with Crippen LogP contribution in [0.1, 0.15) is 25.5 Å². The smallest absolute Gasteiger partial charge is 0.228 e. The molecule has 0 aromatic carbocycles. The van der Waals surface area contributed by atoms with E-state index in [1.165, 1.54) is 6.92 Å². The quantitative estimate of drug-likeness (QED) is 0.849. The predicted octanol–water partition coefficient (Wildman–Crippen LogP) is 0.581. The maximum Gasteiger partial charge on any atom is 0.228 e. The maximum atomic E-state index is 12.2. The molecule has 1 aliphatic rings. The Balaban J connectivity index is 1.77. The third-order valence-corrected chi connectivity index (χ3v) is 3.79. The Morgan fingerprint density at radius 3 is 2.67 bits per heavy atom. The molecule has 114 valence electrons. The normalized spacial score (nSPS) is 15.8. The lowest BCUT2D eigenvalue weighted by atomic mass is 9.96. The number of likely N-dealkylation sites (tertiary alicyclic amines) is 1. The molecule has 0 spiro atoms. The van der Waals surface area contributed by atoms with Crippen molar-refractivity contribution in [3.8, 4) is 0 Å². The Morgan fingerprint density at radius 2 is 2.10 bits per heavy atom. The lowest BCUT2D eigenvalue weighted by Crippen LogP contribution is -2.42. The topological polar surface area (TPSA) is 88.3 Å². The van der Waals surface area contributed by atoms with Gasteiger partial charge in [0.05, 0.1) is 18.3 Å². The van der Waals surface area contributed by atoms with Crippen molar-refractivity contribution in [3.05, 3.63) is 24.0 Å². The molecule has 0 unspecified atom stereocenters. The van der Waals surface area contributed by atoms with Crippen LogP contribution in [0.2, 0.25) is 0 Å². The van der Waals surface area contributed by atoms with Crippen LogP contribution in [0.4, 0.5) is 5.69 Å². The highest BCUT2D eigenvalue weighted by Gasteiger charge is 2.23. The average molecular weight is 290 g/mol. The summed E-state index contributed by atoms with van der Waals surface area (Å²) in [6, 6.07) is 3.55. The first-order valence-electron chi connectivity index (χ1n) is 7.27. The largest absolute Gasteiger partial charge is 0.397 e.